The Balaban J connectivity index is 1.73. The molecule has 5 heteroatoms. The van der Waals surface area contributed by atoms with Crippen LogP contribution in [0.1, 0.15) is 5.56 Å². The summed E-state index contributed by atoms with van der Waals surface area (Å²) in [7, 11) is 0. The first-order chi connectivity index (χ1) is 10.8. The molecular formula is C17H13N3OS. The van der Waals surface area contributed by atoms with Crippen LogP contribution >= 0.6 is 11.8 Å². The maximum Gasteiger partial charge on any atom is 0.266 e. The summed E-state index contributed by atoms with van der Waals surface area (Å²) in [5.74, 6) is 1.41. The smallest absolute Gasteiger partial charge is 0.266 e. The van der Waals surface area contributed by atoms with Crippen LogP contribution in [0.15, 0.2) is 70.6 Å². The van der Waals surface area contributed by atoms with Crippen molar-refractivity contribution in [3.05, 3.63) is 76.7 Å². The molecule has 0 aliphatic heterocycles. The molecule has 4 rings (SSSR count). The Bertz CT molecular complexity index is 1000. The largest absolute Gasteiger partial charge is 0.324 e. The number of benzene rings is 2. The second-order valence-corrected chi connectivity index (χ2v) is 6.02. The summed E-state index contributed by atoms with van der Waals surface area (Å²) >= 11 is 1.62. The number of rotatable bonds is 3. The average Bonchev–Trinajstić information content (AvgIpc) is 2.97. The number of para-hydroxylation sites is 1. The van der Waals surface area contributed by atoms with Crippen molar-refractivity contribution in [1.82, 2.24) is 14.4 Å². The van der Waals surface area contributed by atoms with Gasteiger partial charge in [-0.15, -0.1) is 11.8 Å². The monoisotopic (exact) mass is 307 g/mol. The zero-order valence-corrected chi connectivity index (χ0v) is 12.5. The van der Waals surface area contributed by atoms with Crippen molar-refractivity contribution < 1.29 is 0 Å². The topological polar surface area (TPSA) is 50.2 Å². The molecule has 0 saturated carbocycles. The quantitative estimate of drug-likeness (QED) is 0.590. The van der Waals surface area contributed by atoms with Gasteiger partial charge in [-0.3, -0.25) is 9.20 Å². The summed E-state index contributed by atoms with van der Waals surface area (Å²) in [6.45, 7) is 0. The number of H-pyrrole nitrogens is 1. The predicted molar refractivity (Wildman–Crippen MR) is 89.3 cm³/mol. The summed E-state index contributed by atoms with van der Waals surface area (Å²) in [5.41, 5.74) is 2.01. The molecule has 0 fully saturated rings. The Morgan fingerprint density at radius 1 is 1.05 bits per heavy atom. The average molecular weight is 307 g/mol. The van der Waals surface area contributed by atoms with Crippen LogP contribution in [0, 0.1) is 0 Å². The van der Waals surface area contributed by atoms with Crippen molar-refractivity contribution in [2.45, 2.75) is 10.8 Å². The molecule has 4 aromatic rings. The minimum Gasteiger partial charge on any atom is -0.324 e. The van der Waals surface area contributed by atoms with E-state index in [0.717, 1.165) is 16.3 Å². The van der Waals surface area contributed by atoms with Gasteiger partial charge in [0.1, 0.15) is 5.03 Å². The number of nitrogens with one attached hydrogen (secondary N) is 1. The van der Waals surface area contributed by atoms with Gasteiger partial charge in [0.2, 0.25) is 5.78 Å². The molecule has 2 heterocycles. The molecule has 0 atom stereocenters. The number of hydrogen-bond acceptors (Lipinski definition) is 3. The lowest BCUT2D eigenvalue weighted by atomic mass is 10.2. The van der Waals surface area contributed by atoms with Crippen LogP contribution in [0.5, 0.6) is 0 Å². The molecule has 0 unspecified atom stereocenters. The minimum atomic E-state index is -0.0385. The maximum absolute atomic E-state index is 12.5. The standard InChI is InChI=1S/C17H13N3OS/c21-16-13-8-4-5-9-14(13)18-17-19-15(10-20(16)17)22-11-12-6-2-1-3-7-12/h1-10H,11H2,(H,18,19). The molecule has 4 nitrogen and oxygen atoms in total. The van der Waals surface area contributed by atoms with Crippen LogP contribution in [0.3, 0.4) is 0 Å². The lowest BCUT2D eigenvalue weighted by molar-refractivity contribution is 1.09. The van der Waals surface area contributed by atoms with E-state index in [2.05, 4.69) is 22.1 Å². The highest BCUT2D eigenvalue weighted by Crippen LogP contribution is 2.21. The van der Waals surface area contributed by atoms with Gasteiger partial charge in [-0.1, -0.05) is 42.5 Å². The Morgan fingerprint density at radius 3 is 2.68 bits per heavy atom. The van der Waals surface area contributed by atoms with Gasteiger partial charge in [-0.05, 0) is 17.7 Å². The van der Waals surface area contributed by atoms with E-state index in [-0.39, 0.29) is 5.56 Å². The highest BCUT2D eigenvalue weighted by atomic mass is 32.2. The number of imidazole rings is 1. The normalized spacial score (nSPS) is 11.3. The van der Waals surface area contributed by atoms with Gasteiger partial charge in [0, 0.05) is 11.9 Å². The fourth-order valence-corrected chi connectivity index (χ4v) is 3.27. The first-order valence-electron chi connectivity index (χ1n) is 6.98. The van der Waals surface area contributed by atoms with Crippen LogP contribution in [-0.2, 0) is 5.75 Å². The molecule has 0 aliphatic rings. The number of nitrogens with zero attached hydrogens (tertiary/aromatic N) is 2. The van der Waals surface area contributed by atoms with Crippen LogP contribution in [0.4, 0.5) is 0 Å². The molecule has 2 aromatic carbocycles. The van der Waals surface area contributed by atoms with Crippen molar-refractivity contribution in [3.8, 4) is 0 Å². The number of aromatic amines is 1. The second-order valence-electron chi connectivity index (χ2n) is 5.02. The third-order valence-electron chi connectivity index (χ3n) is 3.54. The van der Waals surface area contributed by atoms with Gasteiger partial charge >= 0.3 is 0 Å². The van der Waals surface area contributed by atoms with Crippen molar-refractivity contribution in [3.63, 3.8) is 0 Å². The summed E-state index contributed by atoms with van der Waals surface area (Å²) in [5, 5.41) is 1.51. The molecule has 0 aliphatic carbocycles. The van der Waals surface area contributed by atoms with Gasteiger partial charge in [0.05, 0.1) is 10.9 Å². The van der Waals surface area contributed by atoms with Gasteiger partial charge < -0.3 is 4.98 Å². The highest BCUT2D eigenvalue weighted by molar-refractivity contribution is 7.98. The maximum atomic E-state index is 12.5. The van der Waals surface area contributed by atoms with Gasteiger partial charge in [0.25, 0.3) is 5.56 Å². The lowest BCUT2D eigenvalue weighted by Crippen LogP contribution is -2.12. The van der Waals surface area contributed by atoms with Crippen molar-refractivity contribution >= 4 is 28.4 Å². The fraction of sp³-hybridized carbons (Fsp3) is 0.0588. The molecule has 0 saturated heterocycles. The SMILES string of the molecule is O=c1c2ccccc2[nH]c2nc(SCc3ccccc3)cn12. The zero-order valence-electron chi connectivity index (χ0n) is 11.7. The summed E-state index contributed by atoms with van der Waals surface area (Å²) < 4.78 is 1.58. The van der Waals surface area contributed by atoms with Crippen LogP contribution in [0.25, 0.3) is 16.7 Å². The molecule has 2 aromatic heterocycles. The third kappa shape index (κ3) is 2.29. The summed E-state index contributed by atoms with van der Waals surface area (Å²) in [4.78, 5) is 20.2. The Kier molecular flexibility index (Phi) is 3.20. The van der Waals surface area contributed by atoms with Crippen LogP contribution in [0.2, 0.25) is 0 Å². The third-order valence-corrected chi connectivity index (χ3v) is 4.51. The Hall–Kier alpha value is -2.53. The molecule has 22 heavy (non-hydrogen) atoms. The molecule has 108 valence electrons. The Labute approximate surface area is 130 Å². The van der Waals surface area contributed by atoms with E-state index in [9.17, 15) is 4.79 Å². The Morgan fingerprint density at radius 2 is 1.82 bits per heavy atom. The number of fused-ring (bicyclic) bond motifs is 2. The highest BCUT2D eigenvalue weighted by Gasteiger charge is 2.08. The van der Waals surface area contributed by atoms with Crippen LogP contribution in [-0.4, -0.2) is 14.4 Å². The van der Waals surface area contributed by atoms with Gasteiger partial charge in [-0.2, -0.15) is 0 Å². The molecule has 0 radical (unpaired) electrons. The van der Waals surface area contributed by atoms with Gasteiger partial charge in [0.15, 0.2) is 0 Å². The van der Waals surface area contributed by atoms with Gasteiger partial charge in [-0.25, -0.2) is 4.98 Å². The summed E-state index contributed by atoms with van der Waals surface area (Å²) in [6.07, 6.45) is 1.80. The van der Waals surface area contributed by atoms with E-state index in [0.29, 0.717) is 11.2 Å². The van der Waals surface area contributed by atoms with E-state index < -0.39 is 0 Å². The van der Waals surface area contributed by atoms with Crippen molar-refractivity contribution in [2.75, 3.05) is 0 Å². The molecule has 0 amide bonds. The second kappa shape index (κ2) is 5.35. The van der Waals surface area contributed by atoms with E-state index in [1.54, 1.807) is 22.4 Å². The van der Waals surface area contributed by atoms with Crippen molar-refractivity contribution in [1.29, 1.82) is 0 Å². The fourth-order valence-electron chi connectivity index (χ4n) is 2.43. The number of aromatic nitrogens is 3. The number of thioether (sulfide) groups is 1. The van der Waals surface area contributed by atoms with Crippen LogP contribution < -0.4 is 5.56 Å². The molecule has 0 bridgehead atoms. The zero-order chi connectivity index (χ0) is 14.9. The number of hydrogen-bond donors (Lipinski definition) is 1. The van der Waals surface area contributed by atoms with E-state index in [1.807, 2.05) is 42.5 Å². The van der Waals surface area contributed by atoms with E-state index in [4.69, 9.17) is 0 Å². The molecule has 0 spiro atoms. The van der Waals surface area contributed by atoms with E-state index >= 15 is 0 Å². The molecular weight excluding hydrogens is 294 g/mol. The summed E-state index contributed by atoms with van der Waals surface area (Å²) in [6, 6.07) is 17.7. The minimum absolute atomic E-state index is 0.0385. The first-order valence-corrected chi connectivity index (χ1v) is 7.97. The lowest BCUT2D eigenvalue weighted by Gasteiger charge is -1.97. The first kappa shape index (κ1) is 13.2. The van der Waals surface area contributed by atoms with E-state index in [1.165, 1.54) is 5.56 Å². The molecule has 1 N–H and O–H groups in total. The van der Waals surface area contributed by atoms with Crippen molar-refractivity contribution in [2.24, 2.45) is 0 Å². The predicted octanol–water partition coefficient (Wildman–Crippen LogP) is 3.47.